The monoisotopic (exact) mass is 334 g/mol. The zero-order valence-corrected chi connectivity index (χ0v) is 13.7. The fraction of sp³-hybridized carbons (Fsp3) is 0.263. The van der Waals surface area contributed by atoms with Crippen LogP contribution in [0.2, 0.25) is 0 Å². The Hall–Kier alpha value is -3.02. The van der Waals surface area contributed by atoms with E-state index in [-0.39, 0.29) is 22.8 Å². The van der Waals surface area contributed by atoms with Crippen molar-refractivity contribution in [2.75, 3.05) is 13.1 Å². The van der Waals surface area contributed by atoms with E-state index in [0.29, 0.717) is 22.3 Å². The van der Waals surface area contributed by atoms with Gasteiger partial charge in [-0.05, 0) is 25.3 Å². The molecule has 0 radical (unpaired) electrons. The standard InChI is InChI=1S/C19H18N4O2/c20-17-15(24)10-14(23-8-4-1-5-9-23)19(25)16(17)18-12-6-2-3-7-13(12)21-11-22-18/h2-3,6-7,10-11H,1,4-5,8-9,20H2. The van der Waals surface area contributed by atoms with Gasteiger partial charge in [0, 0.05) is 24.6 Å². The first-order valence-electron chi connectivity index (χ1n) is 8.42. The summed E-state index contributed by atoms with van der Waals surface area (Å²) in [4.78, 5) is 36.1. The van der Waals surface area contributed by atoms with Gasteiger partial charge in [-0.2, -0.15) is 0 Å². The predicted molar refractivity (Wildman–Crippen MR) is 94.2 cm³/mol. The number of hydrogen-bond donors (Lipinski definition) is 1. The lowest BCUT2D eigenvalue weighted by atomic mass is 9.91. The van der Waals surface area contributed by atoms with Gasteiger partial charge in [0.2, 0.25) is 11.6 Å². The van der Waals surface area contributed by atoms with E-state index in [9.17, 15) is 9.59 Å². The number of hydrogen-bond acceptors (Lipinski definition) is 6. The Morgan fingerprint density at radius 2 is 1.76 bits per heavy atom. The maximum Gasteiger partial charge on any atom is 0.213 e. The summed E-state index contributed by atoms with van der Waals surface area (Å²) in [6, 6.07) is 7.39. The predicted octanol–water partition coefficient (Wildman–Crippen LogP) is 1.82. The lowest BCUT2D eigenvalue weighted by Gasteiger charge is -2.32. The third-order valence-corrected chi connectivity index (χ3v) is 4.74. The Kier molecular flexibility index (Phi) is 3.80. The van der Waals surface area contributed by atoms with Crippen LogP contribution in [0.15, 0.2) is 48.1 Å². The third kappa shape index (κ3) is 2.59. The Bertz CT molecular complexity index is 934. The molecule has 0 atom stereocenters. The summed E-state index contributed by atoms with van der Waals surface area (Å²) in [7, 11) is 0. The van der Waals surface area contributed by atoms with E-state index in [2.05, 4.69) is 9.97 Å². The maximum atomic E-state index is 13.2. The molecule has 6 heteroatoms. The number of benzene rings is 1. The number of carbonyl (C=O) groups is 2. The first-order chi connectivity index (χ1) is 12.2. The van der Waals surface area contributed by atoms with Gasteiger partial charge in [0.15, 0.2) is 0 Å². The van der Waals surface area contributed by atoms with Crippen LogP contribution in [-0.4, -0.2) is 39.5 Å². The normalized spacial score (nSPS) is 18.7. The zero-order valence-electron chi connectivity index (χ0n) is 13.7. The number of carbonyl (C=O) groups excluding carboxylic acids is 2. The van der Waals surface area contributed by atoms with Crippen molar-refractivity contribution < 1.29 is 9.59 Å². The summed E-state index contributed by atoms with van der Waals surface area (Å²) in [5.41, 5.74) is 7.71. The second-order valence-corrected chi connectivity index (χ2v) is 6.30. The second kappa shape index (κ2) is 6.12. The molecule has 2 heterocycles. The van der Waals surface area contributed by atoms with Crippen molar-refractivity contribution in [3.05, 3.63) is 53.8 Å². The van der Waals surface area contributed by atoms with Crippen molar-refractivity contribution in [1.29, 1.82) is 0 Å². The molecule has 0 unspecified atom stereocenters. The smallest absolute Gasteiger partial charge is 0.213 e. The van der Waals surface area contributed by atoms with E-state index in [1.165, 1.54) is 12.4 Å². The third-order valence-electron chi connectivity index (χ3n) is 4.74. The number of aromatic nitrogens is 2. The van der Waals surface area contributed by atoms with Gasteiger partial charge in [-0.25, -0.2) is 9.97 Å². The molecule has 6 nitrogen and oxygen atoms in total. The summed E-state index contributed by atoms with van der Waals surface area (Å²) in [5, 5.41) is 0.712. The van der Waals surface area contributed by atoms with Gasteiger partial charge in [-0.3, -0.25) is 9.59 Å². The Morgan fingerprint density at radius 1 is 1.00 bits per heavy atom. The number of para-hydroxylation sites is 1. The second-order valence-electron chi connectivity index (χ2n) is 6.30. The maximum absolute atomic E-state index is 13.2. The van der Waals surface area contributed by atoms with Gasteiger partial charge < -0.3 is 10.6 Å². The largest absolute Gasteiger partial charge is 0.395 e. The molecule has 126 valence electrons. The van der Waals surface area contributed by atoms with Crippen molar-refractivity contribution in [2.24, 2.45) is 5.73 Å². The topological polar surface area (TPSA) is 89.2 Å². The van der Waals surface area contributed by atoms with Gasteiger partial charge in [0.25, 0.3) is 0 Å². The summed E-state index contributed by atoms with van der Waals surface area (Å²) in [6.45, 7) is 1.56. The van der Waals surface area contributed by atoms with E-state index >= 15 is 0 Å². The first kappa shape index (κ1) is 15.5. The molecule has 1 aliphatic heterocycles. The van der Waals surface area contributed by atoms with E-state index in [1.54, 1.807) is 0 Å². The number of nitrogens with zero attached hydrogens (tertiary/aromatic N) is 3. The van der Waals surface area contributed by atoms with Crippen LogP contribution in [0.4, 0.5) is 0 Å². The Labute approximate surface area is 145 Å². The van der Waals surface area contributed by atoms with Crippen LogP contribution in [0.3, 0.4) is 0 Å². The molecule has 2 aliphatic rings. The molecule has 1 aromatic carbocycles. The molecule has 1 aliphatic carbocycles. The van der Waals surface area contributed by atoms with Crippen molar-refractivity contribution in [1.82, 2.24) is 14.9 Å². The molecule has 1 aromatic heterocycles. The number of likely N-dealkylation sites (tertiary alicyclic amines) is 1. The van der Waals surface area contributed by atoms with Gasteiger partial charge in [0.1, 0.15) is 6.33 Å². The van der Waals surface area contributed by atoms with Gasteiger partial charge >= 0.3 is 0 Å². The number of rotatable bonds is 2. The number of Topliss-reactive ketones (excluding diaryl/α,β-unsaturated/α-hetero) is 1. The molecule has 2 aromatic rings. The summed E-state index contributed by atoms with van der Waals surface area (Å²) in [6.07, 6.45) is 5.95. The molecule has 0 bridgehead atoms. The molecule has 4 rings (SSSR count). The SMILES string of the molecule is NC1=C(c2ncnc3ccccc23)C(=O)C(N2CCCCC2)=CC1=O. The zero-order chi connectivity index (χ0) is 17.4. The molecule has 2 N–H and O–H groups in total. The number of fused-ring (bicyclic) bond motifs is 1. The minimum absolute atomic E-state index is 0.0467. The molecular weight excluding hydrogens is 316 g/mol. The number of allylic oxidation sites excluding steroid dienone is 2. The van der Waals surface area contributed by atoms with Crippen LogP contribution in [0.25, 0.3) is 16.5 Å². The highest BCUT2D eigenvalue weighted by Gasteiger charge is 2.33. The Balaban J connectivity index is 1.84. The van der Waals surface area contributed by atoms with E-state index in [0.717, 1.165) is 32.4 Å². The van der Waals surface area contributed by atoms with Crippen LogP contribution < -0.4 is 5.73 Å². The highest BCUT2D eigenvalue weighted by atomic mass is 16.1. The fourth-order valence-electron chi connectivity index (χ4n) is 3.45. The summed E-state index contributed by atoms with van der Waals surface area (Å²) < 4.78 is 0. The number of piperidine rings is 1. The average molecular weight is 334 g/mol. The minimum atomic E-state index is -0.335. The van der Waals surface area contributed by atoms with E-state index in [1.807, 2.05) is 29.2 Å². The molecule has 25 heavy (non-hydrogen) atoms. The first-order valence-corrected chi connectivity index (χ1v) is 8.42. The lowest BCUT2D eigenvalue weighted by Crippen LogP contribution is -2.36. The highest BCUT2D eigenvalue weighted by molar-refractivity contribution is 6.38. The van der Waals surface area contributed by atoms with Crippen LogP contribution >= 0.6 is 0 Å². The van der Waals surface area contributed by atoms with Crippen LogP contribution in [-0.2, 0) is 9.59 Å². The van der Waals surface area contributed by atoms with Crippen LogP contribution in [0.1, 0.15) is 25.0 Å². The van der Waals surface area contributed by atoms with Crippen molar-refractivity contribution >= 4 is 28.0 Å². The molecule has 0 saturated carbocycles. The van der Waals surface area contributed by atoms with Gasteiger partial charge in [0.05, 0.1) is 28.2 Å². The van der Waals surface area contributed by atoms with Crippen LogP contribution in [0, 0.1) is 0 Å². The molecule has 0 spiro atoms. The fourth-order valence-corrected chi connectivity index (χ4v) is 3.45. The summed E-state index contributed by atoms with van der Waals surface area (Å²) in [5.74, 6) is -0.569. The molecule has 1 fully saturated rings. The quantitative estimate of drug-likeness (QED) is 0.843. The van der Waals surface area contributed by atoms with Crippen molar-refractivity contribution in [3.8, 4) is 0 Å². The van der Waals surface area contributed by atoms with E-state index in [4.69, 9.17) is 5.73 Å². The van der Waals surface area contributed by atoms with E-state index < -0.39 is 0 Å². The molecule has 1 saturated heterocycles. The minimum Gasteiger partial charge on any atom is -0.395 e. The van der Waals surface area contributed by atoms with Gasteiger partial charge in [-0.15, -0.1) is 0 Å². The lowest BCUT2D eigenvalue weighted by molar-refractivity contribution is -0.115. The van der Waals surface area contributed by atoms with Crippen molar-refractivity contribution in [3.63, 3.8) is 0 Å². The number of ketones is 2. The molecule has 0 amide bonds. The molecular formula is C19H18N4O2. The van der Waals surface area contributed by atoms with Crippen molar-refractivity contribution in [2.45, 2.75) is 19.3 Å². The average Bonchev–Trinajstić information content (AvgIpc) is 2.66. The summed E-state index contributed by atoms with van der Waals surface area (Å²) >= 11 is 0. The van der Waals surface area contributed by atoms with Gasteiger partial charge in [-0.1, -0.05) is 18.2 Å². The van der Waals surface area contributed by atoms with Crippen LogP contribution in [0.5, 0.6) is 0 Å². The Morgan fingerprint density at radius 3 is 2.56 bits per heavy atom. The number of nitrogens with two attached hydrogens (primary N) is 1. The highest BCUT2D eigenvalue weighted by Crippen LogP contribution is 2.31.